The summed E-state index contributed by atoms with van der Waals surface area (Å²) in [5, 5.41) is 7.43. The quantitative estimate of drug-likeness (QED) is 0.772. The lowest BCUT2D eigenvalue weighted by molar-refractivity contribution is 0.0729. The van der Waals surface area contributed by atoms with Crippen molar-refractivity contribution in [2.24, 2.45) is 0 Å². The minimum absolute atomic E-state index is 0.0666. The number of amides is 1. The van der Waals surface area contributed by atoms with Gasteiger partial charge in [0.05, 0.1) is 18.0 Å². The summed E-state index contributed by atoms with van der Waals surface area (Å²) in [6.07, 6.45) is 7.20. The molecule has 0 saturated carbocycles. The van der Waals surface area contributed by atoms with E-state index < -0.39 is 0 Å². The second-order valence-electron chi connectivity index (χ2n) is 4.26. The molecule has 1 amide bonds. The van der Waals surface area contributed by atoms with Crippen LogP contribution in [0, 0.1) is 0 Å². The van der Waals surface area contributed by atoms with Gasteiger partial charge in [-0.1, -0.05) is 0 Å². The Bertz CT molecular complexity index is 371. The van der Waals surface area contributed by atoms with Crippen molar-refractivity contribution < 1.29 is 4.79 Å². The highest BCUT2D eigenvalue weighted by molar-refractivity contribution is 6.17. The van der Waals surface area contributed by atoms with Gasteiger partial charge in [-0.2, -0.15) is 10.2 Å². The van der Waals surface area contributed by atoms with Crippen molar-refractivity contribution in [3.63, 3.8) is 0 Å². The van der Waals surface area contributed by atoms with Gasteiger partial charge in [-0.3, -0.25) is 4.79 Å². The van der Waals surface area contributed by atoms with Gasteiger partial charge in [0.1, 0.15) is 0 Å². The summed E-state index contributed by atoms with van der Waals surface area (Å²) >= 11 is 5.70. The van der Waals surface area contributed by atoms with Crippen LogP contribution in [0.5, 0.6) is 0 Å². The van der Waals surface area contributed by atoms with Gasteiger partial charge in [0, 0.05) is 18.5 Å². The molecule has 1 aromatic heterocycles. The summed E-state index contributed by atoms with van der Waals surface area (Å²) in [6.45, 7) is 0.841. The Morgan fingerprint density at radius 1 is 1.53 bits per heavy atom. The Balaban J connectivity index is 2.03. The minimum atomic E-state index is 0.0666. The first kappa shape index (κ1) is 12.3. The Morgan fingerprint density at radius 3 is 3.12 bits per heavy atom. The molecule has 4 nitrogen and oxygen atoms in total. The van der Waals surface area contributed by atoms with Gasteiger partial charge in [0.25, 0.3) is 5.91 Å². The summed E-state index contributed by atoms with van der Waals surface area (Å²) in [4.78, 5) is 14.2. The maximum atomic E-state index is 12.2. The van der Waals surface area contributed by atoms with Crippen LogP contribution in [-0.2, 0) is 0 Å². The third kappa shape index (κ3) is 2.94. The van der Waals surface area contributed by atoms with Crippen LogP contribution in [0.2, 0.25) is 0 Å². The Morgan fingerprint density at radius 2 is 2.41 bits per heavy atom. The average Bonchev–Trinajstić information content (AvgIpc) is 2.84. The molecule has 1 atom stereocenters. The van der Waals surface area contributed by atoms with Crippen molar-refractivity contribution in [2.45, 2.75) is 31.7 Å². The number of rotatable bonds is 4. The zero-order chi connectivity index (χ0) is 12.1. The van der Waals surface area contributed by atoms with Crippen molar-refractivity contribution in [3.8, 4) is 0 Å². The lowest BCUT2D eigenvalue weighted by Gasteiger charge is -2.24. The van der Waals surface area contributed by atoms with E-state index in [-0.39, 0.29) is 5.91 Å². The Labute approximate surface area is 106 Å². The molecule has 0 aromatic carbocycles. The van der Waals surface area contributed by atoms with Crippen molar-refractivity contribution >= 4 is 17.5 Å². The fourth-order valence-corrected chi connectivity index (χ4v) is 2.45. The topological polar surface area (TPSA) is 46.1 Å². The highest BCUT2D eigenvalue weighted by atomic mass is 35.5. The van der Waals surface area contributed by atoms with Gasteiger partial charge >= 0.3 is 0 Å². The van der Waals surface area contributed by atoms with E-state index in [0.29, 0.717) is 17.5 Å². The molecule has 2 rings (SSSR count). The molecule has 5 heteroatoms. The number of halogens is 1. The number of carbonyl (C=O) groups excluding carboxylic acids is 1. The number of aromatic nitrogens is 2. The maximum absolute atomic E-state index is 12.2. The number of likely N-dealkylation sites (tertiary alicyclic amines) is 1. The number of alkyl halides is 1. The predicted molar refractivity (Wildman–Crippen MR) is 66.0 cm³/mol. The average molecular weight is 254 g/mol. The standard InChI is InChI=1S/C12H16ClN3O/c13-6-1-3-11-4-2-8-16(11)12(17)10-5-7-14-15-9-10/h5,7,9,11H,1-4,6,8H2. The van der Waals surface area contributed by atoms with E-state index in [4.69, 9.17) is 11.6 Å². The Hall–Kier alpha value is -1.16. The normalized spacial score (nSPS) is 19.6. The van der Waals surface area contributed by atoms with Crippen LogP contribution < -0.4 is 0 Å². The number of hydrogen-bond acceptors (Lipinski definition) is 3. The number of nitrogens with zero attached hydrogens (tertiary/aromatic N) is 3. The van der Waals surface area contributed by atoms with E-state index in [1.807, 2.05) is 4.90 Å². The van der Waals surface area contributed by atoms with Gasteiger partial charge < -0.3 is 4.90 Å². The van der Waals surface area contributed by atoms with Gasteiger partial charge in [-0.15, -0.1) is 11.6 Å². The molecule has 92 valence electrons. The third-order valence-corrected chi connectivity index (χ3v) is 3.41. The first-order chi connectivity index (χ1) is 8.33. The minimum Gasteiger partial charge on any atom is -0.336 e. The summed E-state index contributed by atoms with van der Waals surface area (Å²) < 4.78 is 0. The molecule has 0 aliphatic carbocycles. The van der Waals surface area contributed by atoms with Crippen LogP contribution in [0.3, 0.4) is 0 Å². The largest absolute Gasteiger partial charge is 0.336 e. The number of carbonyl (C=O) groups is 1. The second kappa shape index (κ2) is 5.96. The molecule has 1 aliphatic rings. The highest BCUT2D eigenvalue weighted by Crippen LogP contribution is 2.23. The predicted octanol–water partition coefficient (Wildman–Crippen LogP) is 2.10. The second-order valence-corrected chi connectivity index (χ2v) is 4.63. The fourth-order valence-electron chi connectivity index (χ4n) is 2.30. The van der Waals surface area contributed by atoms with Gasteiger partial charge in [0.15, 0.2) is 0 Å². The highest BCUT2D eigenvalue weighted by Gasteiger charge is 2.28. The summed E-state index contributed by atoms with van der Waals surface area (Å²) in [7, 11) is 0. The van der Waals surface area contributed by atoms with Gasteiger partial charge in [-0.25, -0.2) is 0 Å². The monoisotopic (exact) mass is 253 g/mol. The lowest BCUT2D eigenvalue weighted by atomic mass is 10.1. The molecule has 1 aliphatic heterocycles. The molecule has 1 unspecified atom stereocenters. The molecule has 17 heavy (non-hydrogen) atoms. The molecule has 0 radical (unpaired) electrons. The zero-order valence-electron chi connectivity index (χ0n) is 9.68. The van der Waals surface area contributed by atoms with Crippen LogP contribution in [0.4, 0.5) is 0 Å². The van der Waals surface area contributed by atoms with Gasteiger partial charge in [-0.05, 0) is 31.7 Å². The van der Waals surface area contributed by atoms with Gasteiger partial charge in [0.2, 0.25) is 0 Å². The number of hydrogen-bond donors (Lipinski definition) is 0. The summed E-state index contributed by atoms with van der Waals surface area (Å²) in [5.74, 6) is 0.729. The molecule has 0 bridgehead atoms. The summed E-state index contributed by atoms with van der Waals surface area (Å²) in [6, 6.07) is 2.06. The van der Waals surface area contributed by atoms with Crippen molar-refractivity contribution in [3.05, 3.63) is 24.0 Å². The van der Waals surface area contributed by atoms with Crippen LogP contribution in [-0.4, -0.2) is 39.5 Å². The molecular weight excluding hydrogens is 238 g/mol. The SMILES string of the molecule is O=C(c1ccnnc1)N1CCCC1CCCCl. The molecule has 0 N–H and O–H groups in total. The van der Waals surface area contributed by atoms with Crippen LogP contribution >= 0.6 is 11.6 Å². The van der Waals surface area contributed by atoms with Crippen LogP contribution in [0.15, 0.2) is 18.5 Å². The van der Waals surface area contributed by atoms with Crippen molar-refractivity contribution in [1.29, 1.82) is 0 Å². The van der Waals surface area contributed by atoms with E-state index in [1.165, 1.54) is 6.20 Å². The Kier molecular flexibility index (Phi) is 4.31. The van der Waals surface area contributed by atoms with E-state index in [0.717, 1.165) is 32.2 Å². The molecule has 2 heterocycles. The van der Waals surface area contributed by atoms with Crippen molar-refractivity contribution in [1.82, 2.24) is 15.1 Å². The summed E-state index contributed by atoms with van der Waals surface area (Å²) in [5.41, 5.74) is 0.623. The molecule has 1 fully saturated rings. The zero-order valence-corrected chi connectivity index (χ0v) is 10.4. The fraction of sp³-hybridized carbons (Fsp3) is 0.583. The van der Waals surface area contributed by atoms with E-state index in [2.05, 4.69) is 10.2 Å². The van der Waals surface area contributed by atoms with E-state index in [1.54, 1.807) is 12.3 Å². The molecule has 0 spiro atoms. The van der Waals surface area contributed by atoms with Crippen LogP contribution in [0.1, 0.15) is 36.0 Å². The molecule has 1 aromatic rings. The van der Waals surface area contributed by atoms with E-state index in [9.17, 15) is 4.79 Å². The smallest absolute Gasteiger partial charge is 0.255 e. The van der Waals surface area contributed by atoms with Crippen LogP contribution in [0.25, 0.3) is 0 Å². The van der Waals surface area contributed by atoms with E-state index >= 15 is 0 Å². The first-order valence-corrected chi connectivity index (χ1v) is 6.50. The molecular formula is C12H16ClN3O. The first-order valence-electron chi connectivity index (χ1n) is 5.96. The van der Waals surface area contributed by atoms with Crippen molar-refractivity contribution in [2.75, 3.05) is 12.4 Å². The third-order valence-electron chi connectivity index (χ3n) is 3.14. The molecule has 1 saturated heterocycles. The maximum Gasteiger partial charge on any atom is 0.255 e. The lowest BCUT2D eigenvalue weighted by Crippen LogP contribution is -2.35.